The Labute approximate surface area is 108 Å². The molecule has 98 valence electrons. The van der Waals surface area contributed by atoms with Gasteiger partial charge in [-0.2, -0.15) is 0 Å². The lowest BCUT2D eigenvalue weighted by Crippen LogP contribution is -2.11. The molecule has 1 aromatic heterocycles. The van der Waals surface area contributed by atoms with Crippen LogP contribution in [0.1, 0.15) is 17.7 Å². The molecular formula is C11H14N2O4S. The number of carboxylic acid groups (broad SMARTS) is 1. The van der Waals surface area contributed by atoms with Crippen LogP contribution in [0.5, 0.6) is 0 Å². The van der Waals surface area contributed by atoms with Crippen LogP contribution in [0.4, 0.5) is 5.13 Å². The highest BCUT2D eigenvalue weighted by Crippen LogP contribution is 2.19. The average Bonchev–Trinajstić information content (AvgIpc) is 2.74. The smallest absolute Gasteiger partial charge is 0.328 e. The number of anilines is 1. The minimum Gasteiger partial charge on any atom is -0.478 e. The standard InChI is InChI=1S/C11H14N2O4S/c1-17-6-2-3-9(14)13-11-12-7-8(18-11)4-5-10(15)16/h4-5,7H,2-3,6H2,1H3,(H,15,16)(H,12,13,14). The van der Waals surface area contributed by atoms with Crippen LogP contribution in [-0.2, 0) is 14.3 Å². The number of aromatic nitrogens is 1. The van der Waals surface area contributed by atoms with Crippen LogP contribution in [0.3, 0.4) is 0 Å². The second-order valence-corrected chi connectivity index (χ2v) is 4.45. The van der Waals surface area contributed by atoms with Crippen LogP contribution in [0, 0.1) is 0 Å². The molecule has 1 rings (SSSR count). The first-order valence-corrected chi connectivity index (χ1v) is 6.09. The Kier molecular flexibility index (Phi) is 6.03. The lowest BCUT2D eigenvalue weighted by Gasteiger charge is -2.00. The highest BCUT2D eigenvalue weighted by molar-refractivity contribution is 7.16. The van der Waals surface area contributed by atoms with Crippen molar-refractivity contribution in [1.82, 2.24) is 4.98 Å². The van der Waals surface area contributed by atoms with Crippen molar-refractivity contribution in [2.24, 2.45) is 0 Å². The van der Waals surface area contributed by atoms with E-state index < -0.39 is 5.97 Å². The largest absolute Gasteiger partial charge is 0.478 e. The molecule has 1 amide bonds. The Balaban J connectivity index is 2.43. The number of amides is 1. The molecule has 6 nitrogen and oxygen atoms in total. The molecule has 0 radical (unpaired) electrons. The minimum atomic E-state index is -1.02. The highest BCUT2D eigenvalue weighted by Gasteiger charge is 2.05. The van der Waals surface area contributed by atoms with Gasteiger partial charge in [-0.05, 0) is 12.5 Å². The second-order valence-electron chi connectivity index (χ2n) is 3.38. The van der Waals surface area contributed by atoms with Gasteiger partial charge in [0.15, 0.2) is 5.13 Å². The molecular weight excluding hydrogens is 256 g/mol. The number of rotatable bonds is 7. The summed E-state index contributed by atoms with van der Waals surface area (Å²) in [7, 11) is 1.58. The number of aliphatic carboxylic acids is 1. The van der Waals surface area contributed by atoms with Crippen molar-refractivity contribution in [3.63, 3.8) is 0 Å². The lowest BCUT2D eigenvalue weighted by molar-refractivity contribution is -0.131. The molecule has 0 spiro atoms. The van der Waals surface area contributed by atoms with Crippen LogP contribution >= 0.6 is 11.3 Å². The van der Waals surface area contributed by atoms with E-state index in [1.54, 1.807) is 7.11 Å². The molecule has 0 saturated carbocycles. The van der Waals surface area contributed by atoms with Crippen molar-refractivity contribution in [1.29, 1.82) is 0 Å². The van der Waals surface area contributed by atoms with Crippen LogP contribution in [0.15, 0.2) is 12.3 Å². The van der Waals surface area contributed by atoms with Gasteiger partial charge in [-0.1, -0.05) is 11.3 Å². The van der Waals surface area contributed by atoms with E-state index in [1.807, 2.05) is 0 Å². The van der Waals surface area contributed by atoms with Gasteiger partial charge in [-0.3, -0.25) is 4.79 Å². The number of carbonyl (C=O) groups excluding carboxylic acids is 1. The number of carbonyl (C=O) groups is 2. The molecule has 0 aliphatic rings. The van der Waals surface area contributed by atoms with Gasteiger partial charge >= 0.3 is 5.97 Å². The van der Waals surface area contributed by atoms with Gasteiger partial charge in [0.05, 0.1) is 0 Å². The Bertz CT molecular complexity index is 442. The third-order valence-corrected chi connectivity index (χ3v) is 2.79. The Morgan fingerprint density at radius 3 is 3.06 bits per heavy atom. The van der Waals surface area contributed by atoms with E-state index in [2.05, 4.69) is 10.3 Å². The van der Waals surface area contributed by atoms with Crippen molar-refractivity contribution in [2.45, 2.75) is 12.8 Å². The number of nitrogens with one attached hydrogen (secondary N) is 1. The maximum atomic E-state index is 11.5. The monoisotopic (exact) mass is 270 g/mol. The number of thiazole rings is 1. The molecule has 7 heteroatoms. The van der Waals surface area contributed by atoms with Crippen molar-refractivity contribution in [3.05, 3.63) is 17.2 Å². The maximum absolute atomic E-state index is 11.5. The molecule has 0 bridgehead atoms. The van der Waals surface area contributed by atoms with E-state index in [0.29, 0.717) is 29.5 Å². The first kappa shape index (κ1) is 14.3. The van der Waals surface area contributed by atoms with Gasteiger partial charge in [0.1, 0.15) is 0 Å². The lowest BCUT2D eigenvalue weighted by atomic mass is 10.3. The molecule has 0 aliphatic heterocycles. The van der Waals surface area contributed by atoms with Gasteiger partial charge < -0.3 is 15.2 Å². The third-order valence-electron chi connectivity index (χ3n) is 1.91. The number of methoxy groups -OCH3 is 1. The summed E-state index contributed by atoms with van der Waals surface area (Å²) in [4.78, 5) is 26.4. The zero-order chi connectivity index (χ0) is 13.4. The molecule has 0 atom stereocenters. The van der Waals surface area contributed by atoms with E-state index in [0.717, 1.165) is 6.08 Å². The third kappa shape index (κ3) is 5.55. The van der Waals surface area contributed by atoms with Crippen LogP contribution in [0.25, 0.3) is 6.08 Å². The van der Waals surface area contributed by atoms with Gasteiger partial charge in [-0.15, -0.1) is 0 Å². The Hall–Kier alpha value is -1.73. The van der Waals surface area contributed by atoms with Crippen molar-refractivity contribution >= 4 is 34.4 Å². The van der Waals surface area contributed by atoms with Gasteiger partial charge in [0, 0.05) is 37.3 Å². The van der Waals surface area contributed by atoms with Crippen molar-refractivity contribution in [2.75, 3.05) is 19.0 Å². The molecule has 1 aromatic rings. The van der Waals surface area contributed by atoms with E-state index >= 15 is 0 Å². The van der Waals surface area contributed by atoms with E-state index in [1.165, 1.54) is 23.6 Å². The molecule has 0 unspecified atom stereocenters. The fraction of sp³-hybridized carbons (Fsp3) is 0.364. The van der Waals surface area contributed by atoms with Crippen molar-refractivity contribution in [3.8, 4) is 0 Å². The van der Waals surface area contributed by atoms with Gasteiger partial charge in [0.25, 0.3) is 0 Å². The molecule has 1 heterocycles. The summed E-state index contributed by atoms with van der Waals surface area (Å²) < 4.78 is 4.84. The number of nitrogens with zero attached hydrogens (tertiary/aromatic N) is 1. The summed E-state index contributed by atoms with van der Waals surface area (Å²) in [6.07, 6.45) is 4.99. The molecule has 18 heavy (non-hydrogen) atoms. The second kappa shape index (κ2) is 7.57. The summed E-state index contributed by atoms with van der Waals surface area (Å²) >= 11 is 1.22. The van der Waals surface area contributed by atoms with E-state index in [-0.39, 0.29) is 5.91 Å². The van der Waals surface area contributed by atoms with E-state index in [9.17, 15) is 9.59 Å². The number of carboxylic acids is 1. The van der Waals surface area contributed by atoms with E-state index in [4.69, 9.17) is 9.84 Å². The average molecular weight is 270 g/mol. The highest BCUT2D eigenvalue weighted by atomic mass is 32.1. The first-order chi connectivity index (χ1) is 8.61. The zero-order valence-corrected chi connectivity index (χ0v) is 10.7. The minimum absolute atomic E-state index is 0.129. The Morgan fingerprint density at radius 1 is 1.61 bits per heavy atom. The van der Waals surface area contributed by atoms with Crippen molar-refractivity contribution < 1.29 is 19.4 Å². The molecule has 0 saturated heterocycles. The van der Waals surface area contributed by atoms with Crippen LogP contribution in [-0.4, -0.2) is 35.7 Å². The summed E-state index contributed by atoms with van der Waals surface area (Å²) in [6, 6.07) is 0. The maximum Gasteiger partial charge on any atom is 0.328 e. The number of hydrogen-bond donors (Lipinski definition) is 2. The molecule has 0 aromatic carbocycles. The van der Waals surface area contributed by atoms with Gasteiger partial charge in [-0.25, -0.2) is 9.78 Å². The molecule has 2 N–H and O–H groups in total. The van der Waals surface area contributed by atoms with Crippen LogP contribution in [0.2, 0.25) is 0 Å². The zero-order valence-electron chi connectivity index (χ0n) is 9.88. The number of ether oxygens (including phenoxy) is 1. The first-order valence-electron chi connectivity index (χ1n) is 5.27. The summed E-state index contributed by atoms with van der Waals surface area (Å²) in [5.41, 5.74) is 0. The molecule has 0 aliphatic carbocycles. The predicted octanol–water partition coefficient (Wildman–Crippen LogP) is 1.61. The summed E-state index contributed by atoms with van der Waals surface area (Å²) in [5, 5.41) is 11.6. The number of hydrogen-bond acceptors (Lipinski definition) is 5. The van der Waals surface area contributed by atoms with Crippen LogP contribution < -0.4 is 5.32 Å². The molecule has 0 fully saturated rings. The fourth-order valence-electron chi connectivity index (χ4n) is 1.13. The Morgan fingerprint density at radius 2 is 2.39 bits per heavy atom. The topological polar surface area (TPSA) is 88.5 Å². The fourth-order valence-corrected chi connectivity index (χ4v) is 1.87. The summed E-state index contributed by atoms with van der Waals surface area (Å²) in [5.74, 6) is -1.15. The normalized spacial score (nSPS) is 10.7. The SMILES string of the molecule is COCCCC(=O)Nc1ncc(C=CC(=O)O)s1. The quantitative estimate of drug-likeness (QED) is 0.580. The summed E-state index contributed by atoms with van der Waals surface area (Å²) in [6.45, 7) is 0.540. The van der Waals surface area contributed by atoms with Gasteiger partial charge in [0.2, 0.25) is 5.91 Å². The predicted molar refractivity (Wildman–Crippen MR) is 68.5 cm³/mol.